The summed E-state index contributed by atoms with van der Waals surface area (Å²) in [6.45, 7) is 0. The molecular weight excluding hydrogens is 176 g/mol. The summed E-state index contributed by atoms with van der Waals surface area (Å²) in [5, 5.41) is 0.863. The van der Waals surface area contributed by atoms with E-state index in [9.17, 15) is 0 Å². The standard InChI is InChI=1S/C12H16S/c1-13-12-9-5-8-11(12)10-6-3-2-4-7-10/h2-4,6-7,11-12H,5,8-9H2,1H3. The minimum absolute atomic E-state index is 0.816. The van der Waals surface area contributed by atoms with Crippen LogP contribution < -0.4 is 0 Å². The van der Waals surface area contributed by atoms with Crippen molar-refractivity contribution in [2.45, 2.75) is 30.4 Å². The molecule has 0 spiro atoms. The van der Waals surface area contributed by atoms with E-state index in [1.54, 1.807) is 5.56 Å². The van der Waals surface area contributed by atoms with E-state index in [4.69, 9.17) is 0 Å². The Kier molecular flexibility index (Phi) is 2.94. The average Bonchev–Trinajstić information content (AvgIpc) is 2.67. The van der Waals surface area contributed by atoms with Gasteiger partial charge in [-0.2, -0.15) is 11.8 Å². The summed E-state index contributed by atoms with van der Waals surface area (Å²) in [4.78, 5) is 0. The highest BCUT2D eigenvalue weighted by molar-refractivity contribution is 7.99. The lowest BCUT2D eigenvalue weighted by Gasteiger charge is -2.17. The molecule has 13 heavy (non-hydrogen) atoms. The Morgan fingerprint density at radius 3 is 2.62 bits per heavy atom. The van der Waals surface area contributed by atoms with Crippen molar-refractivity contribution in [3.63, 3.8) is 0 Å². The minimum atomic E-state index is 0.816. The van der Waals surface area contributed by atoms with Crippen molar-refractivity contribution >= 4 is 11.8 Å². The quantitative estimate of drug-likeness (QED) is 0.688. The summed E-state index contributed by atoms with van der Waals surface area (Å²) in [5.41, 5.74) is 1.54. The minimum Gasteiger partial charge on any atom is -0.161 e. The van der Waals surface area contributed by atoms with Crippen LogP contribution in [-0.2, 0) is 0 Å². The Bertz CT molecular complexity index is 255. The van der Waals surface area contributed by atoms with Crippen LogP contribution in [0.25, 0.3) is 0 Å². The fourth-order valence-corrected chi connectivity index (χ4v) is 3.31. The van der Waals surface area contributed by atoms with Crippen LogP contribution >= 0.6 is 11.8 Å². The maximum Gasteiger partial charge on any atom is 0.0113 e. The number of benzene rings is 1. The molecule has 2 rings (SSSR count). The van der Waals surface area contributed by atoms with Crippen LogP contribution in [0.3, 0.4) is 0 Å². The molecule has 0 aliphatic heterocycles. The van der Waals surface area contributed by atoms with Crippen molar-refractivity contribution in [2.75, 3.05) is 6.26 Å². The summed E-state index contributed by atoms with van der Waals surface area (Å²) in [5.74, 6) is 0.816. The Hall–Kier alpha value is -0.430. The Labute approximate surface area is 84.7 Å². The summed E-state index contributed by atoms with van der Waals surface area (Å²) in [7, 11) is 0. The van der Waals surface area contributed by atoms with Gasteiger partial charge in [0.05, 0.1) is 0 Å². The molecule has 1 aliphatic carbocycles. The molecule has 2 atom stereocenters. The van der Waals surface area contributed by atoms with Gasteiger partial charge in [-0.3, -0.25) is 0 Å². The van der Waals surface area contributed by atoms with E-state index in [2.05, 4.69) is 36.6 Å². The Morgan fingerprint density at radius 2 is 1.92 bits per heavy atom. The van der Waals surface area contributed by atoms with Crippen LogP contribution in [0.5, 0.6) is 0 Å². The van der Waals surface area contributed by atoms with E-state index in [1.165, 1.54) is 19.3 Å². The third-order valence-electron chi connectivity index (χ3n) is 2.98. The van der Waals surface area contributed by atoms with Crippen LogP contribution in [0, 0.1) is 0 Å². The third-order valence-corrected chi connectivity index (χ3v) is 4.15. The van der Waals surface area contributed by atoms with Crippen LogP contribution in [0.1, 0.15) is 30.7 Å². The predicted octanol–water partition coefficient (Wildman–Crippen LogP) is 3.69. The zero-order chi connectivity index (χ0) is 9.10. The summed E-state index contributed by atoms with van der Waals surface area (Å²) >= 11 is 2.04. The van der Waals surface area contributed by atoms with Crippen molar-refractivity contribution in [3.05, 3.63) is 35.9 Å². The average molecular weight is 192 g/mol. The molecule has 0 saturated heterocycles. The molecule has 0 nitrogen and oxygen atoms in total. The molecule has 70 valence electrons. The molecule has 0 heterocycles. The first-order valence-electron chi connectivity index (χ1n) is 4.99. The molecule has 0 amide bonds. The monoisotopic (exact) mass is 192 g/mol. The summed E-state index contributed by atoms with van der Waals surface area (Å²) < 4.78 is 0. The SMILES string of the molecule is CSC1CCCC1c1ccccc1. The van der Waals surface area contributed by atoms with E-state index in [-0.39, 0.29) is 0 Å². The zero-order valence-electron chi connectivity index (χ0n) is 8.07. The molecule has 0 aromatic heterocycles. The molecule has 0 N–H and O–H groups in total. The fourth-order valence-electron chi connectivity index (χ4n) is 2.29. The topological polar surface area (TPSA) is 0 Å². The van der Waals surface area contributed by atoms with E-state index >= 15 is 0 Å². The lowest BCUT2D eigenvalue weighted by molar-refractivity contribution is 0.737. The first-order valence-corrected chi connectivity index (χ1v) is 6.28. The zero-order valence-corrected chi connectivity index (χ0v) is 8.89. The Balaban J connectivity index is 2.16. The van der Waals surface area contributed by atoms with Crippen LogP contribution in [-0.4, -0.2) is 11.5 Å². The van der Waals surface area contributed by atoms with Crippen molar-refractivity contribution < 1.29 is 0 Å². The molecule has 1 aliphatic rings. The second-order valence-electron chi connectivity index (χ2n) is 3.72. The number of hydrogen-bond donors (Lipinski definition) is 0. The van der Waals surface area contributed by atoms with Gasteiger partial charge >= 0.3 is 0 Å². The van der Waals surface area contributed by atoms with Gasteiger partial charge in [0.1, 0.15) is 0 Å². The van der Waals surface area contributed by atoms with E-state index in [1.807, 2.05) is 11.8 Å². The summed E-state index contributed by atoms with van der Waals surface area (Å²) in [6, 6.07) is 11.0. The highest BCUT2D eigenvalue weighted by Gasteiger charge is 2.27. The highest BCUT2D eigenvalue weighted by Crippen LogP contribution is 2.40. The molecule has 0 radical (unpaired) electrons. The van der Waals surface area contributed by atoms with Gasteiger partial charge in [0.15, 0.2) is 0 Å². The molecule has 0 bridgehead atoms. The largest absolute Gasteiger partial charge is 0.161 e. The van der Waals surface area contributed by atoms with Gasteiger partial charge in [-0.1, -0.05) is 36.8 Å². The number of rotatable bonds is 2. The molecular formula is C12H16S. The molecule has 2 unspecified atom stereocenters. The molecule has 1 aromatic carbocycles. The van der Waals surface area contributed by atoms with Crippen LogP contribution in [0.4, 0.5) is 0 Å². The van der Waals surface area contributed by atoms with Crippen molar-refractivity contribution in [1.29, 1.82) is 0 Å². The first-order chi connectivity index (χ1) is 6.42. The van der Waals surface area contributed by atoms with Gasteiger partial charge in [0, 0.05) is 5.25 Å². The van der Waals surface area contributed by atoms with E-state index in [0.717, 1.165) is 11.2 Å². The smallest absolute Gasteiger partial charge is 0.0113 e. The van der Waals surface area contributed by atoms with Crippen molar-refractivity contribution in [2.24, 2.45) is 0 Å². The van der Waals surface area contributed by atoms with Crippen molar-refractivity contribution in [1.82, 2.24) is 0 Å². The van der Waals surface area contributed by atoms with Gasteiger partial charge in [-0.05, 0) is 30.6 Å². The van der Waals surface area contributed by atoms with Crippen LogP contribution in [0.15, 0.2) is 30.3 Å². The fraction of sp³-hybridized carbons (Fsp3) is 0.500. The van der Waals surface area contributed by atoms with Crippen molar-refractivity contribution in [3.8, 4) is 0 Å². The van der Waals surface area contributed by atoms with Gasteiger partial charge in [0.25, 0.3) is 0 Å². The third kappa shape index (κ3) is 1.91. The number of hydrogen-bond acceptors (Lipinski definition) is 1. The molecule has 1 fully saturated rings. The van der Waals surface area contributed by atoms with Crippen LogP contribution in [0.2, 0.25) is 0 Å². The molecule has 1 aromatic rings. The second kappa shape index (κ2) is 4.19. The normalized spacial score (nSPS) is 27.8. The van der Waals surface area contributed by atoms with Gasteiger partial charge in [0.2, 0.25) is 0 Å². The molecule has 1 saturated carbocycles. The van der Waals surface area contributed by atoms with E-state index in [0.29, 0.717) is 0 Å². The first kappa shape index (κ1) is 9.14. The number of thioether (sulfide) groups is 1. The lowest BCUT2D eigenvalue weighted by Crippen LogP contribution is -2.07. The second-order valence-corrected chi connectivity index (χ2v) is 4.80. The maximum atomic E-state index is 2.28. The van der Waals surface area contributed by atoms with Gasteiger partial charge < -0.3 is 0 Å². The lowest BCUT2D eigenvalue weighted by atomic mass is 9.98. The van der Waals surface area contributed by atoms with E-state index < -0.39 is 0 Å². The van der Waals surface area contributed by atoms with Gasteiger partial charge in [-0.25, -0.2) is 0 Å². The molecule has 1 heteroatoms. The summed E-state index contributed by atoms with van der Waals surface area (Å²) in [6.07, 6.45) is 6.44. The maximum absolute atomic E-state index is 2.28. The predicted molar refractivity (Wildman–Crippen MR) is 60.3 cm³/mol. The highest BCUT2D eigenvalue weighted by atomic mass is 32.2. The van der Waals surface area contributed by atoms with Gasteiger partial charge in [-0.15, -0.1) is 0 Å². The Morgan fingerprint density at radius 1 is 1.15 bits per heavy atom.